The Morgan fingerprint density at radius 3 is 2.50 bits per heavy atom. The number of hydrogen-bond donors (Lipinski definition) is 1. The Morgan fingerprint density at radius 1 is 1.21 bits per heavy atom. The van der Waals surface area contributed by atoms with Crippen LogP contribution < -0.4 is 5.32 Å². The third kappa shape index (κ3) is 3.48. The summed E-state index contributed by atoms with van der Waals surface area (Å²) >= 11 is 0. The summed E-state index contributed by atoms with van der Waals surface area (Å²) in [5.41, 5.74) is 1.29. The molecule has 0 radical (unpaired) electrons. The maximum Gasteiger partial charge on any atom is 0.0661 e. The molecule has 1 N–H and O–H groups in total. The van der Waals surface area contributed by atoms with Gasteiger partial charge in [0.05, 0.1) is 12.6 Å². The molecule has 1 aromatic rings. The van der Waals surface area contributed by atoms with E-state index in [9.17, 15) is 0 Å². The topological polar surface area (TPSA) is 21.3 Å². The van der Waals surface area contributed by atoms with Gasteiger partial charge in [-0.1, -0.05) is 37.3 Å². The molecule has 1 unspecified atom stereocenters. The lowest BCUT2D eigenvalue weighted by Crippen LogP contribution is -2.25. The standard InChI is InChI=1S/C12H19NO/c1-3-13-12(10-14-4-2)11-8-6-5-7-9-11/h5-9,12-13H,3-4,10H2,1-2H3. The second-order valence-corrected chi connectivity index (χ2v) is 3.18. The van der Waals surface area contributed by atoms with Crippen molar-refractivity contribution in [3.63, 3.8) is 0 Å². The molecule has 0 bridgehead atoms. The van der Waals surface area contributed by atoms with Crippen molar-refractivity contribution < 1.29 is 4.74 Å². The van der Waals surface area contributed by atoms with Gasteiger partial charge in [-0.05, 0) is 19.0 Å². The summed E-state index contributed by atoms with van der Waals surface area (Å²) in [6.07, 6.45) is 0. The highest BCUT2D eigenvalue weighted by atomic mass is 16.5. The van der Waals surface area contributed by atoms with Crippen molar-refractivity contribution in [2.45, 2.75) is 19.9 Å². The van der Waals surface area contributed by atoms with Crippen molar-refractivity contribution in [2.75, 3.05) is 19.8 Å². The average Bonchev–Trinajstić information content (AvgIpc) is 2.25. The van der Waals surface area contributed by atoms with Gasteiger partial charge in [-0.3, -0.25) is 0 Å². The van der Waals surface area contributed by atoms with Gasteiger partial charge < -0.3 is 10.1 Å². The Bertz CT molecular complexity index is 235. The van der Waals surface area contributed by atoms with E-state index in [0.29, 0.717) is 6.04 Å². The predicted octanol–water partition coefficient (Wildman–Crippen LogP) is 2.37. The van der Waals surface area contributed by atoms with E-state index in [2.05, 4.69) is 36.5 Å². The van der Waals surface area contributed by atoms with E-state index >= 15 is 0 Å². The molecule has 1 aromatic carbocycles. The highest BCUT2D eigenvalue weighted by Crippen LogP contribution is 2.12. The maximum atomic E-state index is 5.44. The van der Waals surface area contributed by atoms with Crippen molar-refractivity contribution in [3.05, 3.63) is 35.9 Å². The molecule has 78 valence electrons. The number of benzene rings is 1. The van der Waals surface area contributed by atoms with Crippen molar-refractivity contribution >= 4 is 0 Å². The third-order valence-corrected chi connectivity index (χ3v) is 2.14. The first-order valence-corrected chi connectivity index (χ1v) is 5.24. The van der Waals surface area contributed by atoms with E-state index in [-0.39, 0.29) is 0 Å². The van der Waals surface area contributed by atoms with E-state index in [1.54, 1.807) is 0 Å². The smallest absolute Gasteiger partial charge is 0.0661 e. The first-order valence-electron chi connectivity index (χ1n) is 5.24. The van der Waals surface area contributed by atoms with Gasteiger partial charge in [0.25, 0.3) is 0 Å². The van der Waals surface area contributed by atoms with Gasteiger partial charge in [0.15, 0.2) is 0 Å². The van der Waals surface area contributed by atoms with E-state index in [0.717, 1.165) is 19.8 Å². The van der Waals surface area contributed by atoms with Crippen LogP contribution in [-0.4, -0.2) is 19.8 Å². The molecule has 2 heteroatoms. The van der Waals surface area contributed by atoms with Gasteiger partial charge in [0, 0.05) is 6.61 Å². The molecule has 0 heterocycles. The zero-order valence-electron chi connectivity index (χ0n) is 8.99. The lowest BCUT2D eigenvalue weighted by atomic mass is 10.1. The first kappa shape index (κ1) is 11.2. The molecule has 0 spiro atoms. The number of nitrogens with one attached hydrogen (secondary N) is 1. The van der Waals surface area contributed by atoms with Crippen LogP contribution in [0.15, 0.2) is 30.3 Å². The number of hydrogen-bond acceptors (Lipinski definition) is 2. The van der Waals surface area contributed by atoms with Crippen molar-refractivity contribution in [2.24, 2.45) is 0 Å². The van der Waals surface area contributed by atoms with Crippen molar-refractivity contribution in [3.8, 4) is 0 Å². The zero-order valence-corrected chi connectivity index (χ0v) is 8.99. The summed E-state index contributed by atoms with van der Waals surface area (Å²) in [5, 5.41) is 3.41. The minimum atomic E-state index is 0.321. The lowest BCUT2D eigenvalue weighted by molar-refractivity contribution is 0.123. The molecule has 0 fully saturated rings. The fourth-order valence-corrected chi connectivity index (χ4v) is 1.44. The largest absolute Gasteiger partial charge is 0.380 e. The van der Waals surface area contributed by atoms with Gasteiger partial charge in [-0.15, -0.1) is 0 Å². The normalized spacial score (nSPS) is 12.7. The van der Waals surface area contributed by atoms with Crippen LogP contribution in [0.1, 0.15) is 25.5 Å². The Balaban J connectivity index is 2.58. The Kier molecular flexibility index (Phi) is 5.27. The molecular formula is C12H19NO. The molecule has 0 saturated carbocycles. The van der Waals surface area contributed by atoms with Crippen LogP contribution in [-0.2, 0) is 4.74 Å². The first-order chi connectivity index (χ1) is 6.88. The molecule has 2 nitrogen and oxygen atoms in total. The summed E-state index contributed by atoms with van der Waals surface area (Å²) in [7, 11) is 0. The van der Waals surface area contributed by atoms with Crippen LogP contribution in [0, 0.1) is 0 Å². The molecule has 0 aliphatic heterocycles. The van der Waals surface area contributed by atoms with Gasteiger partial charge in [-0.25, -0.2) is 0 Å². The van der Waals surface area contributed by atoms with Crippen LogP contribution in [0.3, 0.4) is 0 Å². The van der Waals surface area contributed by atoms with Crippen molar-refractivity contribution in [1.82, 2.24) is 5.32 Å². The molecular weight excluding hydrogens is 174 g/mol. The van der Waals surface area contributed by atoms with Gasteiger partial charge in [0.1, 0.15) is 0 Å². The van der Waals surface area contributed by atoms with E-state index in [1.165, 1.54) is 5.56 Å². The monoisotopic (exact) mass is 193 g/mol. The second kappa shape index (κ2) is 6.57. The van der Waals surface area contributed by atoms with Crippen LogP contribution >= 0.6 is 0 Å². The quantitative estimate of drug-likeness (QED) is 0.749. The van der Waals surface area contributed by atoms with Gasteiger partial charge in [0.2, 0.25) is 0 Å². The highest BCUT2D eigenvalue weighted by Gasteiger charge is 2.08. The van der Waals surface area contributed by atoms with Crippen molar-refractivity contribution in [1.29, 1.82) is 0 Å². The summed E-state index contributed by atoms with van der Waals surface area (Å²) in [5.74, 6) is 0. The maximum absolute atomic E-state index is 5.44. The SMILES string of the molecule is CCNC(COCC)c1ccccc1. The Morgan fingerprint density at radius 2 is 1.93 bits per heavy atom. The van der Waals surface area contributed by atoms with Crippen LogP contribution in [0.25, 0.3) is 0 Å². The fraction of sp³-hybridized carbons (Fsp3) is 0.500. The summed E-state index contributed by atoms with van der Waals surface area (Å²) in [6.45, 7) is 6.62. The average molecular weight is 193 g/mol. The summed E-state index contributed by atoms with van der Waals surface area (Å²) in [6, 6.07) is 10.7. The van der Waals surface area contributed by atoms with E-state index < -0.39 is 0 Å². The molecule has 0 aromatic heterocycles. The minimum Gasteiger partial charge on any atom is -0.380 e. The molecule has 14 heavy (non-hydrogen) atoms. The Labute approximate surface area is 86.3 Å². The second-order valence-electron chi connectivity index (χ2n) is 3.18. The fourth-order valence-electron chi connectivity index (χ4n) is 1.44. The number of ether oxygens (including phenoxy) is 1. The van der Waals surface area contributed by atoms with Gasteiger partial charge >= 0.3 is 0 Å². The summed E-state index contributed by atoms with van der Waals surface area (Å²) in [4.78, 5) is 0. The van der Waals surface area contributed by atoms with Crippen LogP contribution in [0.5, 0.6) is 0 Å². The Hall–Kier alpha value is -0.860. The van der Waals surface area contributed by atoms with E-state index in [1.807, 2.05) is 13.0 Å². The third-order valence-electron chi connectivity index (χ3n) is 2.14. The predicted molar refractivity (Wildman–Crippen MR) is 59.4 cm³/mol. The number of likely N-dealkylation sites (N-methyl/N-ethyl adjacent to an activating group) is 1. The van der Waals surface area contributed by atoms with Crippen LogP contribution in [0.2, 0.25) is 0 Å². The molecule has 0 saturated heterocycles. The lowest BCUT2D eigenvalue weighted by Gasteiger charge is -2.17. The van der Waals surface area contributed by atoms with Gasteiger partial charge in [-0.2, -0.15) is 0 Å². The molecule has 1 rings (SSSR count). The molecule has 0 amide bonds. The molecule has 0 aliphatic carbocycles. The number of rotatable bonds is 6. The molecule has 1 atom stereocenters. The summed E-state index contributed by atoms with van der Waals surface area (Å²) < 4.78 is 5.44. The van der Waals surface area contributed by atoms with E-state index in [4.69, 9.17) is 4.74 Å². The zero-order chi connectivity index (χ0) is 10.2. The van der Waals surface area contributed by atoms with Crippen LogP contribution in [0.4, 0.5) is 0 Å². The highest BCUT2D eigenvalue weighted by molar-refractivity contribution is 5.18. The molecule has 0 aliphatic rings. The minimum absolute atomic E-state index is 0.321.